The van der Waals surface area contributed by atoms with Gasteiger partial charge in [-0.3, -0.25) is 0 Å². The van der Waals surface area contributed by atoms with Crippen molar-refractivity contribution in [2.75, 3.05) is 0 Å². The average molecular weight is 360 g/mol. The fourth-order valence-electron chi connectivity index (χ4n) is 2.14. The first-order valence-corrected chi connectivity index (χ1v) is 19.9. The van der Waals surface area contributed by atoms with Crippen molar-refractivity contribution >= 4 is 11.5 Å². The molecule has 0 aliphatic heterocycles. The fourth-order valence-corrected chi connectivity index (χ4v) is 35.1. The summed E-state index contributed by atoms with van der Waals surface area (Å²) >= 11 is -2.02. The van der Waals surface area contributed by atoms with Crippen LogP contribution in [0.2, 0.25) is 32.7 Å². The van der Waals surface area contributed by atoms with Gasteiger partial charge in [0.2, 0.25) is 0 Å². The maximum atomic E-state index is 2.81. The van der Waals surface area contributed by atoms with E-state index in [2.05, 4.69) is 56.7 Å². The van der Waals surface area contributed by atoms with Crippen LogP contribution < -0.4 is 0 Å². The summed E-state index contributed by atoms with van der Waals surface area (Å²) < 4.78 is 8.77. The van der Waals surface area contributed by atoms with E-state index in [0.717, 1.165) is 3.67 Å². The van der Waals surface area contributed by atoms with Crippen LogP contribution in [0.25, 0.3) is 0 Å². The van der Waals surface area contributed by atoms with Gasteiger partial charge in [0.25, 0.3) is 0 Å². The zero-order valence-corrected chi connectivity index (χ0v) is 14.1. The minimum absolute atomic E-state index is 0.833. The zero-order valence-electron chi connectivity index (χ0n) is 9.46. The Morgan fingerprint density at radius 3 is 1.92 bits per heavy atom. The first kappa shape index (κ1) is 11.5. The molecule has 2 heteroatoms. The van der Waals surface area contributed by atoms with E-state index < -0.39 is 27.6 Å². The normalized spacial score (nSPS) is 18.2. The molecule has 0 heterocycles. The summed E-state index contributed by atoms with van der Waals surface area (Å²) in [5.74, 6) is 0. The maximum absolute atomic E-state index is 2.81. The van der Waals surface area contributed by atoms with Gasteiger partial charge in [-0.1, -0.05) is 0 Å². The van der Waals surface area contributed by atoms with E-state index in [9.17, 15) is 0 Å². The molecular formula is C11H21HfSi. The summed E-state index contributed by atoms with van der Waals surface area (Å²) in [6.07, 6.45) is 9.23. The first-order chi connectivity index (χ1) is 5.81. The molecule has 1 rings (SSSR count). The molecule has 0 saturated carbocycles. The van der Waals surface area contributed by atoms with E-state index in [4.69, 9.17) is 0 Å². The van der Waals surface area contributed by atoms with E-state index >= 15 is 0 Å². The standard InChI is InChI=1S/C5H5.C4H10Si.2CH3.Hf/c1-2-4-5-3-1;1-5(2,3)4;;;/h1-5H;1H,2-4H3;2*1H3;. The molecule has 1 aliphatic rings. The molecule has 0 aromatic carbocycles. The van der Waals surface area contributed by atoms with Crippen molar-refractivity contribution < 1.29 is 19.5 Å². The van der Waals surface area contributed by atoms with Crippen molar-refractivity contribution in [3.8, 4) is 0 Å². The molecule has 1 aliphatic carbocycles. The number of hydrogen-bond acceptors (Lipinski definition) is 0. The van der Waals surface area contributed by atoms with Crippen LogP contribution in [-0.2, 0) is 19.5 Å². The number of hydrogen-bond donors (Lipinski definition) is 0. The van der Waals surface area contributed by atoms with Gasteiger partial charge in [0, 0.05) is 0 Å². The third-order valence-electron chi connectivity index (χ3n) is 2.41. The first-order valence-electron chi connectivity index (χ1n) is 5.03. The molecule has 0 amide bonds. The van der Waals surface area contributed by atoms with Crippen LogP contribution >= 0.6 is 0 Å². The predicted molar refractivity (Wildman–Crippen MR) is 63.2 cm³/mol. The van der Waals surface area contributed by atoms with E-state index in [-0.39, 0.29) is 0 Å². The molecule has 0 radical (unpaired) electrons. The number of allylic oxidation sites excluding steroid dienone is 4. The third kappa shape index (κ3) is 3.59. The predicted octanol–water partition coefficient (Wildman–Crippen LogP) is 3.83. The molecule has 0 fully saturated rings. The Kier molecular flexibility index (Phi) is 3.45. The van der Waals surface area contributed by atoms with Gasteiger partial charge in [-0.15, -0.1) is 0 Å². The van der Waals surface area contributed by atoms with Crippen LogP contribution in [0.15, 0.2) is 24.3 Å². The molecular weight excluding hydrogens is 339 g/mol. The summed E-state index contributed by atoms with van der Waals surface area (Å²) in [7, 11) is -0.954. The molecule has 0 atom stereocenters. The fraction of sp³-hybridized carbons (Fsp3) is 0.545. The average Bonchev–Trinajstić information content (AvgIpc) is 2.29. The summed E-state index contributed by atoms with van der Waals surface area (Å²) in [4.78, 5) is 0. The Balaban J connectivity index is 2.93. The van der Waals surface area contributed by atoms with Crippen molar-refractivity contribution in [1.29, 1.82) is 0 Å². The van der Waals surface area contributed by atoms with E-state index in [0.29, 0.717) is 0 Å². The van der Waals surface area contributed by atoms with Gasteiger partial charge in [-0.25, -0.2) is 0 Å². The topological polar surface area (TPSA) is 0 Å². The SMILES string of the molecule is C[Si](C)(C)[CH]=[Hf]([CH3])([CH3])[CH]1C=CC=C1. The molecule has 13 heavy (non-hydrogen) atoms. The van der Waals surface area contributed by atoms with Gasteiger partial charge < -0.3 is 0 Å². The van der Waals surface area contributed by atoms with E-state index in [1.54, 1.807) is 0 Å². The molecule has 73 valence electrons. The van der Waals surface area contributed by atoms with Gasteiger partial charge in [-0.2, -0.15) is 0 Å². The third-order valence-corrected chi connectivity index (χ3v) is 28.9. The van der Waals surface area contributed by atoms with Gasteiger partial charge in [-0.05, 0) is 0 Å². The molecule has 0 spiro atoms. The van der Waals surface area contributed by atoms with E-state index in [1.165, 1.54) is 0 Å². The summed E-state index contributed by atoms with van der Waals surface area (Å²) in [5, 5.41) is 0. The van der Waals surface area contributed by atoms with Crippen molar-refractivity contribution in [2.45, 2.75) is 32.7 Å². The van der Waals surface area contributed by atoms with Crippen molar-refractivity contribution in [1.82, 2.24) is 0 Å². The van der Waals surface area contributed by atoms with Crippen molar-refractivity contribution in [2.24, 2.45) is 0 Å². The van der Waals surface area contributed by atoms with Crippen LogP contribution in [0.4, 0.5) is 0 Å². The van der Waals surface area contributed by atoms with E-state index in [1.807, 2.05) is 0 Å². The second-order valence-electron chi connectivity index (χ2n) is 5.63. The Hall–Kier alpha value is 0.437. The molecule has 0 aromatic rings. The summed E-state index contributed by atoms with van der Waals surface area (Å²) in [6.45, 7) is 7.37. The van der Waals surface area contributed by atoms with Crippen LogP contribution in [0.5, 0.6) is 0 Å². The summed E-state index contributed by atoms with van der Waals surface area (Å²) in [6, 6.07) is 0. The number of rotatable bonds is 2. The Labute approximate surface area is 87.5 Å². The van der Waals surface area contributed by atoms with Crippen LogP contribution in [0, 0.1) is 0 Å². The molecule has 0 aromatic heterocycles. The monoisotopic (exact) mass is 361 g/mol. The van der Waals surface area contributed by atoms with Crippen molar-refractivity contribution in [3.05, 3.63) is 24.3 Å². The quantitative estimate of drug-likeness (QED) is 0.657. The van der Waals surface area contributed by atoms with Crippen LogP contribution in [0.3, 0.4) is 0 Å². The molecule has 0 bridgehead atoms. The summed E-state index contributed by atoms with van der Waals surface area (Å²) in [5.41, 5.74) is 0. The van der Waals surface area contributed by atoms with Gasteiger partial charge in [0.1, 0.15) is 0 Å². The molecule has 0 unspecified atom stereocenters. The van der Waals surface area contributed by atoms with Gasteiger partial charge >= 0.3 is 87.9 Å². The van der Waals surface area contributed by atoms with Crippen LogP contribution in [0.1, 0.15) is 0 Å². The minimum atomic E-state index is -2.02. The molecule has 0 N–H and O–H groups in total. The Morgan fingerprint density at radius 1 is 1.08 bits per heavy atom. The zero-order chi connectivity index (χ0) is 10.1. The second-order valence-corrected chi connectivity index (χ2v) is 29.2. The molecule has 0 nitrogen and oxygen atoms in total. The Morgan fingerprint density at radius 2 is 1.54 bits per heavy atom. The van der Waals surface area contributed by atoms with Gasteiger partial charge in [0.05, 0.1) is 0 Å². The molecule has 0 saturated heterocycles. The Bertz CT molecular complexity index is 274. The second kappa shape index (κ2) is 3.89. The van der Waals surface area contributed by atoms with Crippen LogP contribution in [-0.4, -0.2) is 11.5 Å². The van der Waals surface area contributed by atoms with Gasteiger partial charge in [0.15, 0.2) is 0 Å². The van der Waals surface area contributed by atoms with Crippen molar-refractivity contribution in [3.63, 3.8) is 0 Å².